The fourth-order valence-corrected chi connectivity index (χ4v) is 5.30. The van der Waals surface area contributed by atoms with Crippen LogP contribution in [0.2, 0.25) is 0 Å². The van der Waals surface area contributed by atoms with E-state index in [4.69, 9.17) is 4.98 Å². The maximum absolute atomic E-state index is 12.3. The van der Waals surface area contributed by atoms with Crippen molar-refractivity contribution in [2.24, 2.45) is 5.92 Å². The van der Waals surface area contributed by atoms with Crippen molar-refractivity contribution in [3.05, 3.63) is 36.2 Å². The summed E-state index contributed by atoms with van der Waals surface area (Å²) in [6.45, 7) is 6.37. The topological polar surface area (TPSA) is 71.0 Å². The number of thioether (sulfide) groups is 1. The van der Waals surface area contributed by atoms with Gasteiger partial charge in [0.1, 0.15) is 16.1 Å². The van der Waals surface area contributed by atoms with Gasteiger partial charge in [0.2, 0.25) is 5.91 Å². The minimum absolute atomic E-state index is 0.0445. The van der Waals surface area contributed by atoms with E-state index in [-0.39, 0.29) is 5.91 Å². The molecule has 8 heteroatoms. The van der Waals surface area contributed by atoms with Crippen LogP contribution in [0.1, 0.15) is 25.3 Å². The van der Waals surface area contributed by atoms with E-state index in [1.165, 1.54) is 30.9 Å². The lowest BCUT2D eigenvalue weighted by molar-refractivity contribution is -0.113. The smallest absolute Gasteiger partial charge is 0.234 e. The number of anilines is 2. The second-order valence-corrected chi connectivity index (χ2v) is 9.17. The summed E-state index contributed by atoms with van der Waals surface area (Å²) in [6, 6.07) is 7.80. The van der Waals surface area contributed by atoms with Crippen molar-refractivity contribution in [3.8, 4) is 0 Å². The normalized spacial score (nSPS) is 17.1. The number of thiazole rings is 1. The molecule has 3 heterocycles. The molecule has 0 radical (unpaired) electrons. The maximum atomic E-state index is 12.3. The summed E-state index contributed by atoms with van der Waals surface area (Å²) in [7, 11) is 0. The minimum Gasteiger partial charge on any atom is -0.348 e. The molecule has 0 unspecified atom stereocenters. The van der Waals surface area contributed by atoms with Crippen LogP contribution in [0.3, 0.4) is 0 Å². The number of carbonyl (C=O) groups excluding carboxylic acids is 1. The Kier molecular flexibility index (Phi) is 5.77. The number of nitrogens with zero attached hydrogens (tertiary/aromatic N) is 4. The van der Waals surface area contributed by atoms with Crippen LogP contribution in [-0.4, -0.2) is 39.7 Å². The van der Waals surface area contributed by atoms with Crippen molar-refractivity contribution in [2.75, 3.05) is 29.1 Å². The molecule has 0 spiro atoms. The number of hydrogen-bond donors (Lipinski definition) is 1. The van der Waals surface area contributed by atoms with Gasteiger partial charge in [-0.15, -0.1) is 0 Å². The van der Waals surface area contributed by atoms with Crippen LogP contribution >= 0.6 is 23.1 Å². The number of amides is 1. The highest BCUT2D eigenvalue weighted by Gasteiger charge is 2.21. The van der Waals surface area contributed by atoms with Crippen LogP contribution < -0.4 is 10.2 Å². The minimum atomic E-state index is -0.0445. The van der Waals surface area contributed by atoms with E-state index in [1.54, 1.807) is 11.3 Å². The summed E-state index contributed by atoms with van der Waals surface area (Å²) < 4.78 is 0.962. The molecule has 0 bridgehead atoms. The SMILES string of the molecule is Cc1cccc(NC(=O)CSc2ncnc3nc(N4CCC[C@H](C)C4)sc23)c1. The van der Waals surface area contributed by atoms with Crippen LogP contribution in [0.4, 0.5) is 10.8 Å². The highest BCUT2D eigenvalue weighted by atomic mass is 32.2. The predicted octanol–water partition coefficient (Wildman–Crippen LogP) is 4.36. The lowest BCUT2D eigenvalue weighted by atomic mass is 10.0. The number of fused-ring (bicyclic) bond motifs is 1. The van der Waals surface area contributed by atoms with Crippen molar-refractivity contribution in [3.63, 3.8) is 0 Å². The van der Waals surface area contributed by atoms with E-state index in [2.05, 4.69) is 27.1 Å². The molecule has 1 aliphatic heterocycles. The number of aromatic nitrogens is 3. The standard InChI is InChI=1S/C20H23N5OS2/c1-13-5-3-7-15(9-13)23-16(26)11-27-19-17-18(21-12-22-19)24-20(28-17)25-8-4-6-14(2)10-25/h3,5,7,9,12,14H,4,6,8,10-11H2,1-2H3,(H,23,26)/t14-/m0/s1. The molecule has 1 aliphatic rings. The van der Waals surface area contributed by atoms with Gasteiger partial charge in [0.05, 0.1) is 5.75 Å². The van der Waals surface area contributed by atoms with Gasteiger partial charge < -0.3 is 10.2 Å². The average molecular weight is 414 g/mol. The Morgan fingerprint density at radius 1 is 1.39 bits per heavy atom. The third-order valence-corrected chi connectivity index (χ3v) is 6.95. The largest absolute Gasteiger partial charge is 0.348 e. The molecule has 6 nitrogen and oxygen atoms in total. The summed E-state index contributed by atoms with van der Waals surface area (Å²) in [5.41, 5.74) is 2.65. The Hall–Kier alpha value is -2.19. The zero-order chi connectivity index (χ0) is 19.5. The van der Waals surface area contributed by atoms with Crippen LogP contribution in [0, 0.1) is 12.8 Å². The monoisotopic (exact) mass is 413 g/mol. The van der Waals surface area contributed by atoms with Gasteiger partial charge in [-0.3, -0.25) is 4.79 Å². The van der Waals surface area contributed by atoms with E-state index >= 15 is 0 Å². The zero-order valence-electron chi connectivity index (χ0n) is 16.0. The van der Waals surface area contributed by atoms with Gasteiger partial charge in [0, 0.05) is 18.8 Å². The van der Waals surface area contributed by atoms with Gasteiger partial charge in [-0.1, -0.05) is 42.2 Å². The van der Waals surface area contributed by atoms with Crippen molar-refractivity contribution in [1.82, 2.24) is 15.0 Å². The van der Waals surface area contributed by atoms with Crippen molar-refractivity contribution < 1.29 is 4.79 Å². The predicted molar refractivity (Wildman–Crippen MR) is 116 cm³/mol. The van der Waals surface area contributed by atoms with Crippen molar-refractivity contribution in [2.45, 2.75) is 31.7 Å². The third-order valence-electron chi connectivity index (χ3n) is 4.72. The first-order valence-electron chi connectivity index (χ1n) is 9.44. The summed E-state index contributed by atoms with van der Waals surface area (Å²) in [5, 5.41) is 4.76. The Bertz CT molecular complexity index is 990. The van der Waals surface area contributed by atoms with E-state index in [1.807, 2.05) is 31.2 Å². The molecule has 4 rings (SSSR count). The van der Waals surface area contributed by atoms with Crippen molar-refractivity contribution in [1.29, 1.82) is 0 Å². The number of piperidine rings is 1. The zero-order valence-corrected chi connectivity index (χ0v) is 17.6. The fraction of sp³-hybridized carbons (Fsp3) is 0.400. The molecule has 0 aliphatic carbocycles. The summed E-state index contributed by atoms with van der Waals surface area (Å²) >= 11 is 3.06. The molecule has 1 amide bonds. The molecular formula is C20H23N5OS2. The number of carbonyl (C=O) groups is 1. The number of aryl methyl sites for hydroxylation is 1. The van der Waals surface area contributed by atoms with Crippen LogP contribution in [-0.2, 0) is 4.79 Å². The second kappa shape index (κ2) is 8.45. The molecule has 2 aromatic heterocycles. The number of hydrogen-bond acceptors (Lipinski definition) is 7. The van der Waals surface area contributed by atoms with Gasteiger partial charge in [-0.25, -0.2) is 9.97 Å². The number of benzene rings is 1. The lowest BCUT2D eigenvalue weighted by Gasteiger charge is -2.30. The lowest BCUT2D eigenvalue weighted by Crippen LogP contribution is -2.34. The number of nitrogens with one attached hydrogen (secondary N) is 1. The number of rotatable bonds is 5. The molecular weight excluding hydrogens is 390 g/mol. The Labute approximate surface area is 172 Å². The van der Waals surface area contributed by atoms with Crippen LogP contribution in [0.25, 0.3) is 10.3 Å². The van der Waals surface area contributed by atoms with Gasteiger partial charge in [-0.05, 0) is 43.4 Å². The first-order valence-corrected chi connectivity index (χ1v) is 11.2. The molecule has 0 saturated carbocycles. The van der Waals surface area contributed by atoms with Gasteiger partial charge in [-0.2, -0.15) is 4.98 Å². The van der Waals surface area contributed by atoms with Gasteiger partial charge in [0.15, 0.2) is 10.8 Å². The van der Waals surface area contributed by atoms with Gasteiger partial charge >= 0.3 is 0 Å². The molecule has 1 fully saturated rings. The Morgan fingerprint density at radius 2 is 2.29 bits per heavy atom. The molecule has 3 aromatic rings. The highest BCUT2D eigenvalue weighted by molar-refractivity contribution is 8.00. The summed E-state index contributed by atoms with van der Waals surface area (Å²) in [4.78, 5) is 28.1. The molecule has 1 aromatic carbocycles. The Balaban J connectivity index is 1.45. The van der Waals surface area contributed by atoms with E-state index in [0.29, 0.717) is 11.7 Å². The maximum Gasteiger partial charge on any atom is 0.234 e. The average Bonchev–Trinajstić information content (AvgIpc) is 3.11. The molecule has 1 saturated heterocycles. The van der Waals surface area contributed by atoms with Crippen LogP contribution in [0.5, 0.6) is 0 Å². The van der Waals surface area contributed by atoms with Gasteiger partial charge in [0.25, 0.3) is 0 Å². The quantitative estimate of drug-likeness (QED) is 0.495. The summed E-state index contributed by atoms with van der Waals surface area (Å²) in [6.07, 6.45) is 4.01. The molecule has 28 heavy (non-hydrogen) atoms. The van der Waals surface area contributed by atoms with Crippen LogP contribution in [0.15, 0.2) is 35.6 Å². The van der Waals surface area contributed by atoms with E-state index < -0.39 is 0 Å². The Morgan fingerprint density at radius 3 is 3.11 bits per heavy atom. The summed E-state index contributed by atoms with van der Waals surface area (Å²) in [5.74, 6) is 0.941. The molecule has 1 atom stereocenters. The second-order valence-electron chi connectivity index (χ2n) is 7.23. The fourth-order valence-electron chi connectivity index (χ4n) is 3.38. The molecule has 1 N–H and O–H groups in total. The highest BCUT2D eigenvalue weighted by Crippen LogP contribution is 2.35. The van der Waals surface area contributed by atoms with Crippen molar-refractivity contribution >= 4 is 50.2 Å². The van der Waals surface area contributed by atoms with E-state index in [0.717, 1.165) is 44.8 Å². The first-order chi connectivity index (χ1) is 13.6. The molecule has 146 valence electrons. The van der Waals surface area contributed by atoms with E-state index in [9.17, 15) is 4.79 Å². The first kappa shape index (κ1) is 19.1. The third kappa shape index (κ3) is 4.44.